The number of likely N-dealkylation sites (N-methyl/N-ethyl adjacent to an activating group) is 2. The largest absolute Gasteiger partial charge is 0.312 e. The normalized spacial score (nSPS) is 14.9. The predicted molar refractivity (Wildman–Crippen MR) is 84.4 cm³/mol. The first-order chi connectivity index (χ1) is 9.15. The summed E-state index contributed by atoms with van der Waals surface area (Å²) in [5.41, 5.74) is 1.39. The fraction of sp³-hybridized carbons (Fsp3) is 0.647. The summed E-state index contributed by atoms with van der Waals surface area (Å²) in [6.07, 6.45) is 1.21. The summed E-state index contributed by atoms with van der Waals surface area (Å²) in [6, 6.07) is 11.8. The summed E-state index contributed by atoms with van der Waals surface area (Å²) in [4.78, 5) is 2.61. The second kappa shape index (κ2) is 8.34. The Bertz CT molecular complexity index is 334. The van der Waals surface area contributed by atoms with E-state index >= 15 is 0 Å². The molecule has 0 spiro atoms. The molecule has 0 aliphatic heterocycles. The monoisotopic (exact) mass is 262 g/mol. The van der Waals surface area contributed by atoms with Crippen molar-refractivity contribution in [1.82, 2.24) is 10.2 Å². The van der Waals surface area contributed by atoms with E-state index in [9.17, 15) is 0 Å². The molecule has 0 saturated heterocycles. The maximum atomic E-state index is 3.53. The van der Waals surface area contributed by atoms with Crippen molar-refractivity contribution >= 4 is 0 Å². The lowest BCUT2D eigenvalue weighted by Crippen LogP contribution is -2.47. The van der Waals surface area contributed by atoms with Crippen molar-refractivity contribution in [3.8, 4) is 0 Å². The lowest BCUT2D eigenvalue weighted by Gasteiger charge is -2.39. The quantitative estimate of drug-likeness (QED) is 0.768. The molecule has 0 aromatic heterocycles. The minimum absolute atomic E-state index is 0.396. The summed E-state index contributed by atoms with van der Waals surface area (Å²) in [5.74, 6) is 0.629. The van der Waals surface area contributed by atoms with E-state index in [1.807, 2.05) is 0 Å². The molecule has 2 heteroatoms. The molecule has 1 aromatic rings. The van der Waals surface area contributed by atoms with Crippen LogP contribution in [0.3, 0.4) is 0 Å². The highest BCUT2D eigenvalue weighted by molar-refractivity contribution is 5.21. The molecule has 1 N–H and O–H groups in total. The zero-order chi connectivity index (χ0) is 14.3. The fourth-order valence-corrected chi connectivity index (χ4v) is 3.02. The van der Waals surface area contributed by atoms with Crippen LogP contribution in [0.1, 0.15) is 45.7 Å². The number of benzene rings is 1. The van der Waals surface area contributed by atoms with E-state index in [1.165, 1.54) is 18.5 Å². The van der Waals surface area contributed by atoms with Gasteiger partial charge in [0, 0.05) is 12.1 Å². The number of nitrogens with one attached hydrogen (secondary N) is 1. The van der Waals surface area contributed by atoms with E-state index in [0.29, 0.717) is 18.0 Å². The van der Waals surface area contributed by atoms with E-state index in [0.717, 1.165) is 6.54 Å². The summed E-state index contributed by atoms with van der Waals surface area (Å²) < 4.78 is 0. The molecule has 0 saturated carbocycles. The smallest absolute Gasteiger partial charge is 0.0478 e. The predicted octanol–water partition coefficient (Wildman–Crippen LogP) is 3.70. The first-order valence-electron chi connectivity index (χ1n) is 7.61. The molecule has 2 unspecified atom stereocenters. The molecule has 0 radical (unpaired) electrons. The van der Waals surface area contributed by atoms with Crippen LogP contribution in [0.5, 0.6) is 0 Å². The van der Waals surface area contributed by atoms with Crippen LogP contribution in [0.15, 0.2) is 30.3 Å². The maximum absolute atomic E-state index is 3.53. The molecule has 1 aromatic carbocycles. The number of hydrogen-bond acceptors (Lipinski definition) is 2. The molecule has 2 atom stereocenters. The van der Waals surface area contributed by atoms with Gasteiger partial charge in [0.1, 0.15) is 0 Å². The molecule has 0 aliphatic carbocycles. The Kier molecular flexibility index (Phi) is 7.11. The Morgan fingerprint density at radius 3 is 2.16 bits per heavy atom. The van der Waals surface area contributed by atoms with Crippen LogP contribution in [-0.4, -0.2) is 31.1 Å². The third-order valence-corrected chi connectivity index (χ3v) is 3.83. The summed E-state index contributed by atoms with van der Waals surface area (Å²) >= 11 is 0. The van der Waals surface area contributed by atoms with Crippen molar-refractivity contribution in [3.63, 3.8) is 0 Å². The van der Waals surface area contributed by atoms with Crippen molar-refractivity contribution in [1.29, 1.82) is 0 Å². The molecular formula is C17H30N2. The van der Waals surface area contributed by atoms with Crippen molar-refractivity contribution < 1.29 is 0 Å². The average molecular weight is 262 g/mol. The molecule has 1 rings (SSSR count). The van der Waals surface area contributed by atoms with E-state index in [2.05, 4.69) is 75.3 Å². The van der Waals surface area contributed by atoms with Gasteiger partial charge in [0.15, 0.2) is 0 Å². The first-order valence-corrected chi connectivity index (χ1v) is 7.61. The molecule has 2 nitrogen and oxygen atoms in total. The van der Waals surface area contributed by atoms with Gasteiger partial charge in [0.2, 0.25) is 0 Å². The van der Waals surface area contributed by atoms with Crippen LogP contribution < -0.4 is 5.32 Å². The maximum Gasteiger partial charge on any atom is 0.0478 e. The van der Waals surface area contributed by atoms with Gasteiger partial charge in [-0.05, 0) is 38.0 Å². The van der Waals surface area contributed by atoms with Crippen LogP contribution in [0, 0.1) is 5.92 Å². The topological polar surface area (TPSA) is 15.3 Å². The average Bonchev–Trinajstić information content (AvgIpc) is 2.43. The van der Waals surface area contributed by atoms with Crippen LogP contribution in [-0.2, 0) is 0 Å². The van der Waals surface area contributed by atoms with Gasteiger partial charge in [-0.25, -0.2) is 0 Å². The molecule has 0 fully saturated rings. The molecule has 19 heavy (non-hydrogen) atoms. The lowest BCUT2D eigenvalue weighted by molar-refractivity contribution is 0.126. The second-order valence-electron chi connectivity index (χ2n) is 5.54. The Morgan fingerprint density at radius 2 is 1.74 bits per heavy atom. The van der Waals surface area contributed by atoms with E-state index < -0.39 is 0 Å². The van der Waals surface area contributed by atoms with E-state index in [4.69, 9.17) is 0 Å². The van der Waals surface area contributed by atoms with E-state index in [1.54, 1.807) is 0 Å². The zero-order valence-electron chi connectivity index (χ0n) is 13.2. The second-order valence-corrected chi connectivity index (χ2v) is 5.54. The first kappa shape index (κ1) is 16.2. The van der Waals surface area contributed by atoms with Gasteiger partial charge in [-0.2, -0.15) is 0 Å². The standard InChI is InChI=1S/C17H30N2/c1-6-13-19(7-2)17(14(3)4)16(18-5)15-11-9-8-10-12-15/h8-12,14,16-18H,6-7,13H2,1-5H3. The van der Waals surface area contributed by atoms with Gasteiger partial charge < -0.3 is 5.32 Å². The molecule has 0 heterocycles. The minimum atomic E-state index is 0.396. The SMILES string of the molecule is CCCN(CC)C(C(C)C)C(NC)c1ccccc1. The van der Waals surface area contributed by atoms with Crippen LogP contribution in [0.2, 0.25) is 0 Å². The van der Waals surface area contributed by atoms with Gasteiger partial charge in [-0.1, -0.05) is 58.0 Å². The van der Waals surface area contributed by atoms with Crippen molar-refractivity contribution in [2.75, 3.05) is 20.1 Å². The van der Waals surface area contributed by atoms with Crippen molar-refractivity contribution in [2.45, 2.75) is 46.2 Å². The number of hydrogen-bond donors (Lipinski definition) is 1. The van der Waals surface area contributed by atoms with Crippen LogP contribution >= 0.6 is 0 Å². The molecular weight excluding hydrogens is 232 g/mol. The molecule has 0 aliphatic rings. The van der Waals surface area contributed by atoms with Gasteiger partial charge in [0.05, 0.1) is 0 Å². The molecule has 108 valence electrons. The van der Waals surface area contributed by atoms with Gasteiger partial charge in [0.25, 0.3) is 0 Å². The van der Waals surface area contributed by atoms with Crippen LogP contribution in [0.4, 0.5) is 0 Å². The minimum Gasteiger partial charge on any atom is -0.312 e. The lowest BCUT2D eigenvalue weighted by atomic mass is 9.89. The third kappa shape index (κ3) is 4.32. The Balaban J connectivity index is 3.01. The third-order valence-electron chi connectivity index (χ3n) is 3.83. The van der Waals surface area contributed by atoms with E-state index in [-0.39, 0.29) is 0 Å². The molecule has 0 bridgehead atoms. The highest BCUT2D eigenvalue weighted by Crippen LogP contribution is 2.26. The number of nitrogens with zero attached hydrogens (tertiary/aromatic N) is 1. The Hall–Kier alpha value is -0.860. The van der Waals surface area contributed by atoms with Gasteiger partial charge in [-0.3, -0.25) is 4.90 Å². The van der Waals surface area contributed by atoms with Crippen molar-refractivity contribution in [2.24, 2.45) is 5.92 Å². The van der Waals surface area contributed by atoms with Crippen molar-refractivity contribution in [3.05, 3.63) is 35.9 Å². The Labute approximate surface area is 119 Å². The highest BCUT2D eigenvalue weighted by Gasteiger charge is 2.29. The van der Waals surface area contributed by atoms with Crippen LogP contribution in [0.25, 0.3) is 0 Å². The number of rotatable bonds is 8. The molecule has 0 amide bonds. The summed E-state index contributed by atoms with van der Waals surface area (Å²) in [5, 5.41) is 3.53. The van der Waals surface area contributed by atoms with Gasteiger partial charge in [-0.15, -0.1) is 0 Å². The zero-order valence-corrected chi connectivity index (χ0v) is 13.2. The fourth-order valence-electron chi connectivity index (χ4n) is 3.02. The van der Waals surface area contributed by atoms with Gasteiger partial charge >= 0.3 is 0 Å². The Morgan fingerprint density at radius 1 is 1.11 bits per heavy atom. The summed E-state index contributed by atoms with van der Waals surface area (Å²) in [7, 11) is 2.08. The highest BCUT2D eigenvalue weighted by atomic mass is 15.2. The summed E-state index contributed by atoms with van der Waals surface area (Å²) in [6.45, 7) is 11.5.